The van der Waals surface area contributed by atoms with Gasteiger partial charge in [-0.05, 0) is 55.7 Å². The normalized spacial score (nSPS) is 14.9. The van der Waals surface area contributed by atoms with Crippen LogP contribution in [0.25, 0.3) is 0 Å². The number of carbonyl (C=O) groups excluding carboxylic acids is 4. The van der Waals surface area contributed by atoms with Crippen molar-refractivity contribution in [3.05, 3.63) is 65.9 Å². The second-order valence-corrected chi connectivity index (χ2v) is 10.8. The Bertz CT molecular complexity index is 1210. The molecular weight excluding hydrogens is 539 g/mol. The first-order valence-corrected chi connectivity index (χ1v) is 13.8. The van der Waals surface area contributed by atoms with Crippen molar-refractivity contribution in [3.8, 4) is 0 Å². The van der Waals surface area contributed by atoms with E-state index >= 15 is 0 Å². The number of halogens is 1. The van der Waals surface area contributed by atoms with Crippen LogP contribution in [-0.4, -0.2) is 50.7 Å². The number of thioether (sulfide) groups is 1. The number of carboxylic acids is 1. The fraction of sp³-hybridized carbons (Fsp3) is 0.429. The lowest BCUT2D eigenvalue weighted by atomic mass is 10.0. The summed E-state index contributed by atoms with van der Waals surface area (Å²) in [5.41, 5.74) is -0.774. The van der Waals surface area contributed by atoms with Gasteiger partial charge in [0.05, 0.1) is 12.2 Å². The lowest BCUT2D eigenvalue weighted by Gasteiger charge is -2.19. The van der Waals surface area contributed by atoms with Crippen LogP contribution < -0.4 is 16.0 Å². The van der Waals surface area contributed by atoms with Gasteiger partial charge >= 0.3 is 5.97 Å². The van der Waals surface area contributed by atoms with Crippen molar-refractivity contribution in [2.45, 2.75) is 59.0 Å². The summed E-state index contributed by atoms with van der Waals surface area (Å²) in [6.07, 6.45) is 9.13. The maximum absolute atomic E-state index is 14.4. The molecule has 4 N–H and O–H groups in total. The number of carbonyl (C=O) groups is 5. The summed E-state index contributed by atoms with van der Waals surface area (Å²) in [5, 5.41) is 16.6. The lowest BCUT2D eigenvalue weighted by Crippen LogP contribution is -2.47. The van der Waals surface area contributed by atoms with E-state index in [1.807, 2.05) is 12.2 Å². The molecule has 0 bridgehead atoms. The topological polar surface area (TPSA) is 155 Å². The zero-order valence-corrected chi connectivity index (χ0v) is 23.6. The number of allylic oxidation sites excluding steroid dienone is 3. The minimum absolute atomic E-state index is 0.0837. The fourth-order valence-corrected chi connectivity index (χ4v) is 4.23. The predicted octanol–water partition coefficient (Wildman–Crippen LogP) is 3.26. The van der Waals surface area contributed by atoms with E-state index in [2.05, 4.69) is 27.5 Å². The predicted molar refractivity (Wildman–Crippen MR) is 149 cm³/mol. The maximum atomic E-state index is 14.4. The molecule has 1 atom stereocenters. The molecule has 1 heterocycles. The minimum Gasteiger partial charge on any atom is -0.480 e. The highest BCUT2D eigenvalue weighted by molar-refractivity contribution is 8.14. The summed E-state index contributed by atoms with van der Waals surface area (Å²) in [7, 11) is 0. The second kappa shape index (κ2) is 15.1. The van der Waals surface area contributed by atoms with Gasteiger partial charge in [-0.15, -0.1) is 0 Å². The van der Waals surface area contributed by atoms with Gasteiger partial charge in [0.25, 0.3) is 11.8 Å². The van der Waals surface area contributed by atoms with Gasteiger partial charge in [0, 0.05) is 12.2 Å². The molecule has 0 spiro atoms. The molecule has 2 rings (SSSR count). The summed E-state index contributed by atoms with van der Waals surface area (Å²) in [6, 6.07) is 1.02. The van der Waals surface area contributed by atoms with Gasteiger partial charge in [0.2, 0.25) is 11.0 Å². The number of aromatic nitrogens is 1. The molecule has 40 heavy (non-hydrogen) atoms. The molecule has 12 heteroatoms. The van der Waals surface area contributed by atoms with Crippen LogP contribution in [0.4, 0.5) is 4.39 Å². The minimum atomic E-state index is -1.21. The number of pyridine rings is 1. The Kier molecular flexibility index (Phi) is 12.2. The number of carboxylic acid groups (broad SMARTS) is 1. The van der Waals surface area contributed by atoms with Gasteiger partial charge in [0.15, 0.2) is 0 Å². The molecule has 216 valence electrons. The molecule has 0 aromatic carbocycles. The van der Waals surface area contributed by atoms with Crippen LogP contribution in [0.3, 0.4) is 0 Å². The van der Waals surface area contributed by atoms with Gasteiger partial charge in [-0.25, -0.2) is 14.2 Å². The van der Waals surface area contributed by atoms with Crippen molar-refractivity contribution < 1.29 is 33.5 Å². The van der Waals surface area contributed by atoms with Crippen molar-refractivity contribution in [2.24, 2.45) is 11.3 Å². The number of aliphatic carboxylic acids is 1. The number of nitrogens with one attached hydrogen (secondary N) is 3. The van der Waals surface area contributed by atoms with E-state index in [0.717, 1.165) is 25.0 Å². The molecule has 1 saturated carbocycles. The van der Waals surface area contributed by atoms with Gasteiger partial charge in [-0.2, -0.15) is 0 Å². The van der Waals surface area contributed by atoms with Crippen molar-refractivity contribution in [3.63, 3.8) is 0 Å². The number of amides is 3. The van der Waals surface area contributed by atoms with E-state index in [9.17, 15) is 33.5 Å². The molecule has 0 saturated heterocycles. The van der Waals surface area contributed by atoms with E-state index in [1.54, 1.807) is 13.8 Å². The highest BCUT2D eigenvalue weighted by Gasteiger charge is 2.41. The van der Waals surface area contributed by atoms with E-state index in [-0.39, 0.29) is 46.5 Å². The molecule has 0 radical (unpaired) electrons. The van der Waals surface area contributed by atoms with Crippen molar-refractivity contribution in [2.75, 3.05) is 5.75 Å². The second-order valence-electron chi connectivity index (χ2n) is 9.69. The first kappa shape index (κ1) is 32.4. The van der Waals surface area contributed by atoms with Crippen molar-refractivity contribution >= 4 is 40.6 Å². The average molecular weight is 575 g/mol. The molecule has 0 unspecified atom stereocenters. The number of hydrogen-bond donors (Lipinski definition) is 4. The first-order chi connectivity index (χ1) is 18.9. The molecule has 0 aliphatic heterocycles. The summed E-state index contributed by atoms with van der Waals surface area (Å²) >= 11 is 1.18. The molecule has 1 aromatic heterocycles. The number of hydrogen-bond acceptors (Lipinski definition) is 7. The summed E-state index contributed by atoms with van der Waals surface area (Å²) in [5.74, 6) is -3.58. The van der Waals surface area contributed by atoms with Crippen LogP contribution in [0, 0.1) is 17.2 Å². The fourth-order valence-electron chi connectivity index (χ4n) is 3.66. The maximum Gasteiger partial charge on any atom is 0.326 e. The first-order valence-electron chi connectivity index (χ1n) is 12.8. The molecule has 1 aliphatic carbocycles. The molecule has 1 aliphatic rings. The Balaban J connectivity index is 1.94. The molecule has 3 amide bonds. The number of rotatable bonds is 15. The Hall–Kier alpha value is -3.80. The van der Waals surface area contributed by atoms with E-state index in [4.69, 9.17) is 0 Å². The molecule has 10 nitrogen and oxygen atoms in total. The zero-order chi connectivity index (χ0) is 29.9. The highest BCUT2D eigenvalue weighted by atomic mass is 32.2. The Morgan fingerprint density at radius 1 is 1.23 bits per heavy atom. The number of nitrogens with zero attached hydrogens (tertiary/aromatic N) is 1. The Morgan fingerprint density at radius 3 is 2.50 bits per heavy atom. The Morgan fingerprint density at radius 2 is 1.93 bits per heavy atom. The van der Waals surface area contributed by atoms with Crippen LogP contribution in [0.15, 0.2) is 48.7 Å². The van der Waals surface area contributed by atoms with Crippen LogP contribution >= 0.6 is 11.8 Å². The van der Waals surface area contributed by atoms with Crippen LogP contribution in [0.5, 0.6) is 0 Å². The van der Waals surface area contributed by atoms with Gasteiger partial charge in [0.1, 0.15) is 23.3 Å². The van der Waals surface area contributed by atoms with Crippen LogP contribution in [0.1, 0.15) is 62.6 Å². The lowest BCUT2D eigenvalue weighted by molar-refractivity contribution is -0.142. The highest BCUT2D eigenvalue weighted by Crippen LogP contribution is 2.50. The molecule has 1 aromatic rings. The summed E-state index contributed by atoms with van der Waals surface area (Å²) < 4.78 is 14.4. The smallest absolute Gasteiger partial charge is 0.326 e. The van der Waals surface area contributed by atoms with Crippen LogP contribution in [-0.2, 0) is 25.7 Å². The third kappa shape index (κ3) is 10.1. The van der Waals surface area contributed by atoms with E-state index in [1.165, 1.54) is 30.8 Å². The van der Waals surface area contributed by atoms with Gasteiger partial charge < -0.3 is 21.1 Å². The van der Waals surface area contributed by atoms with E-state index in [0.29, 0.717) is 12.2 Å². The molecule has 1 fully saturated rings. The average Bonchev–Trinajstić information content (AvgIpc) is 3.67. The van der Waals surface area contributed by atoms with Gasteiger partial charge in [-0.3, -0.25) is 19.2 Å². The third-order valence-electron chi connectivity index (χ3n) is 6.18. The van der Waals surface area contributed by atoms with Crippen molar-refractivity contribution in [1.29, 1.82) is 0 Å². The molecular formula is C28H35FN4O6S. The standard InChI is InChI=1S/C28H35FN4O6S/c1-5-19(25(36)33-24(17(3)4)27(38)39)32-26(37)20-10-9-18(29)21(31-20)16-30-22(34)15-28(12-13-28)11-7-8-14-40-23(35)6-2/h5-7,9-11,17,24H,2,8,12-16H2,1,3-4H3,(H,30,34)(H,32,37)(H,33,36)(H,38,39)/b11-7+,19-5-/t24-/m0/s1. The zero-order valence-electron chi connectivity index (χ0n) is 22.8. The SMILES string of the molecule is C=CC(=O)SCC/C=C/C1(CC(=O)NCc2nc(C(=O)N/C(=C\C)C(=O)N[C@H](C(=O)O)C(C)C)ccc2F)CC1. The van der Waals surface area contributed by atoms with Crippen LogP contribution in [0.2, 0.25) is 0 Å². The quantitative estimate of drug-likeness (QED) is 0.141. The van der Waals surface area contributed by atoms with E-state index < -0.39 is 35.6 Å². The summed E-state index contributed by atoms with van der Waals surface area (Å²) in [4.78, 5) is 64.4. The van der Waals surface area contributed by atoms with Gasteiger partial charge in [-0.1, -0.05) is 50.4 Å². The largest absolute Gasteiger partial charge is 0.480 e. The monoisotopic (exact) mass is 574 g/mol. The van der Waals surface area contributed by atoms with Crippen molar-refractivity contribution in [1.82, 2.24) is 20.9 Å². The Labute approximate surface area is 237 Å². The third-order valence-corrected chi connectivity index (χ3v) is 7.07. The summed E-state index contributed by atoms with van der Waals surface area (Å²) in [6.45, 7) is 7.94.